The molecule has 3 rings (SSSR count). The van der Waals surface area contributed by atoms with Gasteiger partial charge in [0.25, 0.3) is 0 Å². The van der Waals surface area contributed by atoms with Gasteiger partial charge in [0.2, 0.25) is 5.91 Å². The summed E-state index contributed by atoms with van der Waals surface area (Å²) in [6.07, 6.45) is 4.40. The van der Waals surface area contributed by atoms with E-state index in [2.05, 4.69) is 11.7 Å². The molecule has 21 heavy (non-hydrogen) atoms. The van der Waals surface area contributed by atoms with E-state index in [1.165, 1.54) is 0 Å². The zero-order valence-electron chi connectivity index (χ0n) is 12.0. The molecule has 1 fully saturated rings. The number of hydrogen-bond acceptors (Lipinski definition) is 2. The summed E-state index contributed by atoms with van der Waals surface area (Å²) in [5.41, 5.74) is 3.74. The number of aryl methyl sites for hydroxylation is 1. The van der Waals surface area contributed by atoms with E-state index in [4.69, 9.17) is 11.6 Å². The molecular formula is C16H16ClN3O. The molecule has 1 aliphatic heterocycles. The lowest BCUT2D eigenvalue weighted by atomic mass is 9.95. The van der Waals surface area contributed by atoms with E-state index in [1.807, 2.05) is 37.6 Å². The predicted molar refractivity (Wildman–Crippen MR) is 82.9 cm³/mol. The van der Waals surface area contributed by atoms with Gasteiger partial charge < -0.3 is 4.90 Å². The largest absolute Gasteiger partial charge is 0.335 e. The Morgan fingerprint density at radius 3 is 2.71 bits per heavy atom. The average molecular weight is 302 g/mol. The first-order valence-electron chi connectivity index (χ1n) is 6.71. The molecular weight excluding hydrogens is 286 g/mol. The summed E-state index contributed by atoms with van der Waals surface area (Å²) in [7, 11) is 3.69. The molecule has 1 aromatic carbocycles. The highest BCUT2D eigenvalue weighted by Crippen LogP contribution is 2.39. The Hall–Kier alpha value is -2.07. The number of hydrogen-bond donors (Lipinski definition) is 0. The lowest BCUT2D eigenvalue weighted by Gasteiger charge is -2.22. The summed E-state index contributed by atoms with van der Waals surface area (Å²) < 4.78 is 1.76. The molecule has 0 saturated carbocycles. The summed E-state index contributed by atoms with van der Waals surface area (Å²) in [6, 6.07) is 5.74. The summed E-state index contributed by atoms with van der Waals surface area (Å²) in [6.45, 7) is 3.85. The zero-order chi connectivity index (χ0) is 15.1. The van der Waals surface area contributed by atoms with Gasteiger partial charge in [0.05, 0.1) is 12.2 Å². The van der Waals surface area contributed by atoms with E-state index < -0.39 is 0 Å². The van der Waals surface area contributed by atoms with Crippen molar-refractivity contribution in [3.05, 3.63) is 53.3 Å². The first kappa shape index (κ1) is 13.9. The predicted octanol–water partition coefficient (Wildman–Crippen LogP) is 3.20. The molecule has 1 unspecified atom stereocenters. The van der Waals surface area contributed by atoms with Gasteiger partial charge in [0, 0.05) is 42.9 Å². The summed E-state index contributed by atoms with van der Waals surface area (Å²) in [4.78, 5) is 13.7. The van der Waals surface area contributed by atoms with Crippen molar-refractivity contribution in [1.82, 2.24) is 14.7 Å². The van der Waals surface area contributed by atoms with E-state index in [9.17, 15) is 4.79 Å². The Balaban J connectivity index is 2.11. The maximum Gasteiger partial charge on any atom is 0.249 e. The molecule has 0 N–H and O–H groups in total. The lowest BCUT2D eigenvalue weighted by molar-refractivity contribution is -0.124. The van der Waals surface area contributed by atoms with Crippen LogP contribution in [0.25, 0.3) is 11.1 Å². The third-order valence-electron chi connectivity index (χ3n) is 3.92. The molecule has 5 heteroatoms. The number of likely N-dealkylation sites (tertiary alicyclic amines) is 1. The van der Waals surface area contributed by atoms with E-state index in [1.54, 1.807) is 16.6 Å². The molecule has 0 bridgehead atoms. The van der Waals surface area contributed by atoms with Crippen molar-refractivity contribution < 1.29 is 4.79 Å². The quantitative estimate of drug-likeness (QED) is 0.799. The van der Waals surface area contributed by atoms with Gasteiger partial charge in [-0.25, -0.2) is 0 Å². The van der Waals surface area contributed by atoms with Gasteiger partial charge in [0.1, 0.15) is 0 Å². The third kappa shape index (κ3) is 2.36. The van der Waals surface area contributed by atoms with Crippen molar-refractivity contribution in [3.8, 4) is 11.1 Å². The van der Waals surface area contributed by atoms with Crippen LogP contribution in [0.4, 0.5) is 0 Å². The van der Waals surface area contributed by atoms with Crippen molar-refractivity contribution >= 4 is 17.5 Å². The van der Waals surface area contributed by atoms with Gasteiger partial charge in [-0.15, -0.1) is 0 Å². The maximum absolute atomic E-state index is 12.0. The fourth-order valence-corrected chi connectivity index (χ4v) is 2.98. The van der Waals surface area contributed by atoms with E-state index in [0.717, 1.165) is 16.7 Å². The third-order valence-corrected chi connectivity index (χ3v) is 4.15. The SMILES string of the molecule is C=C1CC(c2cc(Cl)ccc2-c2cnn(C)c2)N(C)C1=O. The first-order valence-corrected chi connectivity index (χ1v) is 7.08. The highest BCUT2D eigenvalue weighted by Gasteiger charge is 2.33. The van der Waals surface area contributed by atoms with Crippen LogP contribution in [0.5, 0.6) is 0 Å². The van der Waals surface area contributed by atoms with Gasteiger partial charge in [-0.05, 0) is 23.3 Å². The van der Waals surface area contributed by atoms with E-state index >= 15 is 0 Å². The van der Waals surface area contributed by atoms with Crippen molar-refractivity contribution in [2.45, 2.75) is 12.5 Å². The molecule has 2 aromatic rings. The molecule has 2 heterocycles. The number of carbonyl (C=O) groups is 1. The van der Waals surface area contributed by atoms with Gasteiger partial charge in [-0.2, -0.15) is 5.10 Å². The molecule has 1 aliphatic rings. The smallest absolute Gasteiger partial charge is 0.249 e. The molecule has 4 nitrogen and oxygen atoms in total. The monoisotopic (exact) mass is 301 g/mol. The van der Waals surface area contributed by atoms with Gasteiger partial charge >= 0.3 is 0 Å². The number of halogens is 1. The Morgan fingerprint density at radius 1 is 1.38 bits per heavy atom. The number of likely N-dealkylation sites (N-methyl/N-ethyl adjacent to an activating group) is 1. The highest BCUT2D eigenvalue weighted by molar-refractivity contribution is 6.30. The topological polar surface area (TPSA) is 38.1 Å². The molecule has 0 aliphatic carbocycles. The Kier molecular flexibility index (Phi) is 3.33. The maximum atomic E-state index is 12.0. The van der Waals surface area contributed by atoms with Crippen LogP contribution >= 0.6 is 11.6 Å². The van der Waals surface area contributed by atoms with Gasteiger partial charge in [-0.1, -0.05) is 24.2 Å². The van der Waals surface area contributed by atoms with Crippen molar-refractivity contribution in [2.24, 2.45) is 7.05 Å². The average Bonchev–Trinajstić information content (AvgIpc) is 2.98. The van der Waals surface area contributed by atoms with Crippen LogP contribution in [0, 0.1) is 0 Å². The molecule has 1 amide bonds. The summed E-state index contributed by atoms with van der Waals surface area (Å²) in [5.74, 6) is -0.00267. The zero-order valence-corrected chi connectivity index (χ0v) is 12.8. The minimum Gasteiger partial charge on any atom is -0.335 e. The fraction of sp³-hybridized carbons (Fsp3) is 0.250. The normalized spacial score (nSPS) is 18.6. The Bertz CT molecular complexity index is 735. The van der Waals surface area contributed by atoms with Crippen LogP contribution in [0.1, 0.15) is 18.0 Å². The van der Waals surface area contributed by atoms with Crippen molar-refractivity contribution in [3.63, 3.8) is 0 Å². The molecule has 0 spiro atoms. The second kappa shape index (κ2) is 5.04. The molecule has 108 valence electrons. The number of nitrogens with zero attached hydrogens (tertiary/aromatic N) is 3. The Labute approximate surface area is 128 Å². The van der Waals surface area contributed by atoms with Crippen LogP contribution in [0.15, 0.2) is 42.7 Å². The van der Waals surface area contributed by atoms with Crippen LogP contribution in [-0.4, -0.2) is 27.6 Å². The van der Waals surface area contributed by atoms with Crippen LogP contribution in [0.3, 0.4) is 0 Å². The molecule has 0 radical (unpaired) electrons. The number of aromatic nitrogens is 2. The second-order valence-corrected chi connectivity index (χ2v) is 5.81. The highest BCUT2D eigenvalue weighted by atomic mass is 35.5. The summed E-state index contributed by atoms with van der Waals surface area (Å²) >= 11 is 6.16. The standard InChI is InChI=1S/C16H16ClN3O/c1-10-6-15(20(3)16(10)21)14-7-12(17)4-5-13(14)11-8-18-19(2)9-11/h4-5,7-9,15H,1,6H2,2-3H3. The number of amides is 1. The fourth-order valence-electron chi connectivity index (χ4n) is 2.80. The second-order valence-electron chi connectivity index (χ2n) is 5.37. The van der Waals surface area contributed by atoms with Crippen LogP contribution in [0.2, 0.25) is 5.02 Å². The summed E-state index contributed by atoms with van der Waals surface area (Å²) in [5, 5.41) is 4.88. The number of rotatable bonds is 2. The van der Waals surface area contributed by atoms with Crippen molar-refractivity contribution in [2.75, 3.05) is 7.05 Å². The van der Waals surface area contributed by atoms with Crippen LogP contribution in [-0.2, 0) is 11.8 Å². The molecule has 1 atom stereocenters. The molecule has 1 saturated heterocycles. The number of benzene rings is 1. The van der Waals surface area contributed by atoms with Gasteiger partial charge in [0.15, 0.2) is 0 Å². The molecule has 1 aromatic heterocycles. The van der Waals surface area contributed by atoms with Crippen molar-refractivity contribution in [1.29, 1.82) is 0 Å². The number of carbonyl (C=O) groups excluding carboxylic acids is 1. The van der Waals surface area contributed by atoms with E-state index in [-0.39, 0.29) is 11.9 Å². The first-order chi connectivity index (χ1) is 9.97. The van der Waals surface area contributed by atoms with E-state index in [0.29, 0.717) is 17.0 Å². The van der Waals surface area contributed by atoms with Crippen LogP contribution < -0.4 is 0 Å². The van der Waals surface area contributed by atoms with Gasteiger partial charge in [-0.3, -0.25) is 9.48 Å². The Morgan fingerprint density at radius 2 is 2.14 bits per heavy atom. The lowest BCUT2D eigenvalue weighted by Crippen LogP contribution is -2.23. The minimum absolute atomic E-state index is 0.00267. The minimum atomic E-state index is -0.0288.